The number of hydrogen-bond donors (Lipinski definition) is 1. The maximum atomic E-state index is 13.8. The Morgan fingerprint density at radius 2 is 1.83 bits per heavy atom. The van der Waals surface area contributed by atoms with Crippen LogP contribution in [0.5, 0.6) is 0 Å². The van der Waals surface area contributed by atoms with Gasteiger partial charge in [-0.2, -0.15) is 5.26 Å². The fourth-order valence-electron chi connectivity index (χ4n) is 2.95. The minimum Gasteiger partial charge on any atom is -0.457 e. The van der Waals surface area contributed by atoms with Gasteiger partial charge in [-0.3, -0.25) is 9.69 Å². The molecule has 0 aliphatic carbocycles. The topological polar surface area (TPSA) is 86.3 Å². The number of amides is 3. The molecule has 2 heterocycles. The number of urea groups is 1. The summed E-state index contributed by atoms with van der Waals surface area (Å²) in [7, 11) is 0. The van der Waals surface area contributed by atoms with Gasteiger partial charge in [0.15, 0.2) is 0 Å². The monoisotopic (exact) mass is 387 g/mol. The first kappa shape index (κ1) is 18.2. The molecule has 0 spiro atoms. The van der Waals surface area contributed by atoms with Crippen LogP contribution in [0.3, 0.4) is 0 Å². The molecule has 0 atom stereocenters. The summed E-state index contributed by atoms with van der Waals surface area (Å²) in [5.41, 5.74) is 1.61. The predicted molar refractivity (Wildman–Crippen MR) is 102 cm³/mol. The lowest BCUT2D eigenvalue weighted by Gasteiger charge is -2.12. The van der Waals surface area contributed by atoms with E-state index >= 15 is 0 Å². The number of nitrogens with one attached hydrogen (secondary N) is 1. The average molecular weight is 387 g/mol. The van der Waals surface area contributed by atoms with E-state index in [0.29, 0.717) is 17.1 Å². The highest BCUT2D eigenvalue weighted by atomic mass is 19.1. The molecule has 1 N–H and O–H groups in total. The summed E-state index contributed by atoms with van der Waals surface area (Å²) in [4.78, 5) is 25.7. The molecule has 1 aromatic heterocycles. The molecule has 0 saturated carbocycles. The maximum Gasteiger partial charge on any atom is 0.329 e. The normalized spacial score (nSPS) is 14.9. The fraction of sp³-hybridized carbons (Fsp3) is 0.0455. The molecule has 142 valence electrons. The molecule has 3 amide bonds. The van der Waals surface area contributed by atoms with Gasteiger partial charge in [-0.05, 0) is 42.5 Å². The Morgan fingerprint density at radius 1 is 1.07 bits per heavy atom. The van der Waals surface area contributed by atoms with Crippen LogP contribution in [0, 0.1) is 17.1 Å². The number of nitrogens with zero attached hydrogens (tertiary/aromatic N) is 2. The van der Waals surface area contributed by atoms with Crippen LogP contribution in [0.15, 0.2) is 70.8 Å². The van der Waals surface area contributed by atoms with Crippen LogP contribution in [-0.2, 0) is 11.3 Å². The number of hydrogen-bond acceptors (Lipinski definition) is 4. The van der Waals surface area contributed by atoms with E-state index in [9.17, 15) is 14.0 Å². The Balaban J connectivity index is 1.54. The highest BCUT2D eigenvalue weighted by molar-refractivity contribution is 6.13. The van der Waals surface area contributed by atoms with Gasteiger partial charge in [-0.15, -0.1) is 0 Å². The van der Waals surface area contributed by atoms with Gasteiger partial charge < -0.3 is 9.73 Å². The molecule has 1 aliphatic heterocycles. The Hall–Kier alpha value is -4.18. The molecule has 0 radical (unpaired) electrons. The predicted octanol–water partition coefficient (Wildman–Crippen LogP) is 4.05. The lowest BCUT2D eigenvalue weighted by Crippen LogP contribution is -2.30. The van der Waals surface area contributed by atoms with Gasteiger partial charge in [-0.1, -0.05) is 18.2 Å². The highest BCUT2D eigenvalue weighted by Gasteiger charge is 2.34. The van der Waals surface area contributed by atoms with Crippen LogP contribution in [0.2, 0.25) is 0 Å². The summed E-state index contributed by atoms with van der Waals surface area (Å²) < 4.78 is 19.6. The van der Waals surface area contributed by atoms with Crippen LogP contribution in [-0.4, -0.2) is 16.8 Å². The molecule has 0 unspecified atom stereocenters. The van der Waals surface area contributed by atoms with Gasteiger partial charge in [0.25, 0.3) is 5.91 Å². The van der Waals surface area contributed by atoms with E-state index in [1.165, 1.54) is 18.2 Å². The molecule has 1 fully saturated rings. The second-order valence-corrected chi connectivity index (χ2v) is 6.36. The van der Waals surface area contributed by atoms with E-state index in [1.54, 1.807) is 48.5 Å². The lowest BCUT2D eigenvalue weighted by atomic mass is 10.1. The number of nitriles is 1. The Bertz CT molecular complexity index is 1170. The smallest absolute Gasteiger partial charge is 0.329 e. The van der Waals surface area contributed by atoms with E-state index in [1.807, 2.05) is 6.07 Å². The molecular formula is C22H14FN3O3. The first-order valence-electron chi connectivity index (χ1n) is 8.73. The summed E-state index contributed by atoms with van der Waals surface area (Å²) in [5.74, 6) is -0.111. The van der Waals surface area contributed by atoms with E-state index in [0.717, 1.165) is 10.5 Å². The van der Waals surface area contributed by atoms with E-state index in [2.05, 4.69) is 5.32 Å². The number of halogens is 1. The zero-order valence-corrected chi connectivity index (χ0v) is 15.1. The Labute approximate surface area is 165 Å². The number of rotatable bonds is 4. The van der Waals surface area contributed by atoms with Crippen molar-refractivity contribution in [2.75, 3.05) is 0 Å². The summed E-state index contributed by atoms with van der Waals surface area (Å²) in [5, 5.41) is 11.4. The van der Waals surface area contributed by atoms with Crippen molar-refractivity contribution in [1.29, 1.82) is 5.26 Å². The quantitative estimate of drug-likeness (QED) is 0.540. The van der Waals surface area contributed by atoms with Crippen molar-refractivity contribution in [2.24, 2.45) is 0 Å². The first-order chi connectivity index (χ1) is 14.0. The third-order valence-corrected chi connectivity index (χ3v) is 4.46. The second kappa shape index (κ2) is 7.44. The fourth-order valence-corrected chi connectivity index (χ4v) is 2.95. The lowest BCUT2D eigenvalue weighted by molar-refractivity contribution is -0.123. The average Bonchev–Trinajstić information content (AvgIpc) is 3.30. The van der Waals surface area contributed by atoms with Gasteiger partial charge in [0.1, 0.15) is 23.0 Å². The van der Waals surface area contributed by atoms with E-state index in [4.69, 9.17) is 9.68 Å². The van der Waals surface area contributed by atoms with Gasteiger partial charge in [0.2, 0.25) is 0 Å². The van der Waals surface area contributed by atoms with Gasteiger partial charge in [0, 0.05) is 17.2 Å². The van der Waals surface area contributed by atoms with Crippen molar-refractivity contribution in [1.82, 2.24) is 10.2 Å². The number of carbonyl (C=O) groups is 2. The van der Waals surface area contributed by atoms with Gasteiger partial charge >= 0.3 is 6.03 Å². The molecule has 1 saturated heterocycles. The molecule has 3 aromatic rings. The van der Waals surface area contributed by atoms with Crippen LogP contribution < -0.4 is 5.32 Å². The zero-order valence-electron chi connectivity index (χ0n) is 15.1. The number of furan rings is 1. The molecule has 4 rings (SSSR count). The van der Waals surface area contributed by atoms with Crippen LogP contribution in [0.25, 0.3) is 17.4 Å². The SMILES string of the molecule is N#Cc1ccc(-c2ccc(/C=C3/NC(=O)N(Cc4ccccc4F)C3=O)o2)cc1. The molecule has 7 heteroatoms. The zero-order chi connectivity index (χ0) is 20.4. The van der Waals surface area contributed by atoms with Crippen LogP contribution >= 0.6 is 0 Å². The van der Waals surface area contributed by atoms with Crippen molar-refractivity contribution in [3.63, 3.8) is 0 Å². The third kappa shape index (κ3) is 3.64. The van der Waals surface area contributed by atoms with Crippen molar-refractivity contribution in [3.05, 3.63) is 89.1 Å². The summed E-state index contributed by atoms with van der Waals surface area (Å²) in [6.07, 6.45) is 1.43. The summed E-state index contributed by atoms with van der Waals surface area (Å²) >= 11 is 0. The van der Waals surface area contributed by atoms with Gasteiger partial charge in [0.05, 0.1) is 18.2 Å². The summed E-state index contributed by atoms with van der Waals surface area (Å²) in [6, 6.07) is 17.7. The maximum absolute atomic E-state index is 13.8. The minimum absolute atomic E-state index is 0.0482. The molecule has 0 bridgehead atoms. The van der Waals surface area contributed by atoms with E-state index in [-0.39, 0.29) is 17.8 Å². The van der Waals surface area contributed by atoms with Crippen LogP contribution in [0.4, 0.5) is 9.18 Å². The van der Waals surface area contributed by atoms with Crippen LogP contribution in [0.1, 0.15) is 16.9 Å². The standard InChI is InChI=1S/C22H14FN3O3/c23-18-4-2-1-3-16(18)13-26-21(27)19(25-22(26)28)11-17-9-10-20(29-17)15-7-5-14(12-24)6-8-15/h1-11H,13H2,(H,25,28)/b19-11+. The highest BCUT2D eigenvalue weighted by Crippen LogP contribution is 2.25. The molecule has 6 nitrogen and oxygen atoms in total. The molecule has 1 aliphatic rings. The van der Waals surface area contributed by atoms with Crippen molar-refractivity contribution < 1.29 is 18.4 Å². The third-order valence-electron chi connectivity index (χ3n) is 4.46. The minimum atomic E-state index is -0.622. The molecule has 2 aromatic carbocycles. The Morgan fingerprint density at radius 3 is 2.55 bits per heavy atom. The first-order valence-corrected chi connectivity index (χ1v) is 8.73. The number of benzene rings is 2. The number of carbonyl (C=O) groups excluding carboxylic acids is 2. The largest absolute Gasteiger partial charge is 0.457 e. The molecular weight excluding hydrogens is 373 g/mol. The van der Waals surface area contributed by atoms with Crippen molar-refractivity contribution in [2.45, 2.75) is 6.54 Å². The molecule has 29 heavy (non-hydrogen) atoms. The second-order valence-electron chi connectivity index (χ2n) is 6.36. The summed E-state index contributed by atoms with van der Waals surface area (Å²) in [6.45, 7) is -0.163. The van der Waals surface area contributed by atoms with E-state index < -0.39 is 17.8 Å². The van der Waals surface area contributed by atoms with Gasteiger partial charge in [-0.25, -0.2) is 9.18 Å². The van der Waals surface area contributed by atoms with Crippen molar-refractivity contribution >= 4 is 18.0 Å². The van der Waals surface area contributed by atoms with Crippen molar-refractivity contribution in [3.8, 4) is 17.4 Å². The Kier molecular flexibility index (Phi) is 4.67. The number of imide groups is 1.